The molecule has 1 saturated heterocycles. The lowest BCUT2D eigenvalue weighted by Crippen LogP contribution is -2.42. The van der Waals surface area contributed by atoms with Crippen molar-refractivity contribution < 1.29 is 14.3 Å². The first-order valence-electron chi connectivity index (χ1n) is 7.63. The minimum absolute atomic E-state index is 0.201. The first-order chi connectivity index (χ1) is 10.2. The Bertz CT molecular complexity index is 487. The van der Waals surface area contributed by atoms with Crippen molar-refractivity contribution in [2.24, 2.45) is 0 Å². The number of hydrogen-bond donors (Lipinski definition) is 0. The number of benzene rings is 1. The minimum atomic E-state index is 0.201. The number of piperidine rings is 1. The van der Waals surface area contributed by atoms with E-state index < -0.39 is 0 Å². The SMILES string of the molecule is COc1ccc(CC[C@@H]2CCCCN2C(C)=O)cc1OC. The molecule has 1 aliphatic heterocycles. The van der Waals surface area contributed by atoms with Gasteiger partial charge in [-0.2, -0.15) is 0 Å². The van der Waals surface area contributed by atoms with Crippen molar-refractivity contribution in [1.82, 2.24) is 4.90 Å². The van der Waals surface area contributed by atoms with Crippen molar-refractivity contribution in [2.45, 2.75) is 45.1 Å². The zero-order chi connectivity index (χ0) is 15.2. The molecule has 0 radical (unpaired) electrons. The molecule has 1 aromatic carbocycles. The van der Waals surface area contributed by atoms with E-state index in [2.05, 4.69) is 6.07 Å². The van der Waals surface area contributed by atoms with Crippen LogP contribution in [0.3, 0.4) is 0 Å². The number of rotatable bonds is 5. The molecule has 4 heteroatoms. The number of carbonyl (C=O) groups excluding carboxylic acids is 1. The molecule has 116 valence electrons. The van der Waals surface area contributed by atoms with E-state index >= 15 is 0 Å². The fourth-order valence-electron chi connectivity index (χ4n) is 3.08. The van der Waals surface area contributed by atoms with E-state index in [1.807, 2.05) is 17.0 Å². The van der Waals surface area contributed by atoms with Crippen molar-refractivity contribution in [2.75, 3.05) is 20.8 Å². The summed E-state index contributed by atoms with van der Waals surface area (Å²) in [6.45, 7) is 2.58. The maximum absolute atomic E-state index is 11.7. The number of nitrogens with zero attached hydrogens (tertiary/aromatic N) is 1. The number of amides is 1. The van der Waals surface area contributed by atoms with Gasteiger partial charge in [0.15, 0.2) is 11.5 Å². The molecule has 0 N–H and O–H groups in total. The van der Waals surface area contributed by atoms with Crippen LogP contribution in [0.2, 0.25) is 0 Å². The number of ether oxygens (including phenoxy) is 2. The lowest BCUT2D eigenvalue weighted by atomic mass is 9.95. The third kappa shape index (κ3) is 3.90. The summed E-state index contributed by atoms with van der Waals surface area (Å²) in [6, 6.07) is 6.42. The van der Waals surface area contributed by atoms with Gasteiger partial charge >= 0.3 is 0 Å². The van der Waals surface area contributed by atoms with Gasteiger partial charge in [0, 0.05) is 19.5 Å². The van der Waals surface area contributed by atoms with E-state index in [1.165, 1.54) is 12.0 Å². The third-order valence-electron chi connectivity index (χ3n) is 4.25. The molecule has 1 aromatic rings. The van der Waals surface area contributed by atoms with Gasteiger partial charge in [-0.3, -0.25) is 4.79 Å². The lowest BCUT2D eigenvalue weighted by molar-refractivity contribution is -0.132. The summed E-state index contributed by atoms with van der Waals surface area (Å²) in [7, 11) is 3.30. The van der Waals surface area contributed by atoms with Crippen LogP contribution in [0.1, 0.15) is 38.2 Å². The summed E-state index contributed by atoms with van der Waals surface area (Å²) in [5, 5.41) is 0. The van der Waals surface area contributed by atoms with Crippen molar-refractivity contribution in [3.05, 3.63) is 23.8 Å². The second kappa shape index (κ2) is 7.34. The summed E-state index contributed by atoms with van der Waals surface area (Å²) in [6.07, 6.45) is 5.43. The smallest absolute Gasteiger partial charge is 0.219 e. The molecule has 0 aliphatic carbocycles. The Morgan fingerprint density at radius 2 is 2.00 bits per heavy atom. The topological polar surface area (TPSA) is 38.8 Å². The number of carbonyl (C=O) groups is 1. The van der Waals surface area contributed by atoms with Gasteiger partial charge in [0.1, 0.15) is 0 Å². The van der Waals surface area contributed by atoms with Crippen LogP contribution in [0.4, 0.5) is 0 Å². The molecule has 0 aromatic heterocycles. The van der Waals surface area contributed by atoms with E-state index in [4.69, 9.17) is 9.47 Å². The maximum atomic E-state index is 11.7. The summed E-state index contributed by atoms with van der Waals surface area (Å²) in [5.74, 6) is 1.72. The second-order valence-corrected chi connectivity index (χ2v) is 5.59. The maximum Gasteiger partial charge on any atom is 0.219 e. The normalized spacial score (nSPS) is 18.4. The van der Waals surface area contributed by atoms with Crippen LogP contribution < -0.4 is 9.47 Å². The van der Waals surface area contributed by atoms with E-state index in [1.54, 1.807) is 21.1 Å². The van der Waals surface area contributed by atoms with Gasteiger partial charge in [0.25, 0.3) is 0 Å². The number of aryl methyl sites for hydroxylation is 1. The molecule has 0 bridgehead atoms. The summed E-state index contributed by atoms with van der Waals surface area (Å²) >= 11 is 0. The Hall–Kier alpha value is -1.71. The van der Waals surface area contributed by atoms with Crippen LogP contribution in [0.25, 0.3) is 0 Å². The van der Waals surface area contributed by atoms with E-state index in [0.29, 0.717) is 6.04 Å². The molecule has 4 nitrogen and oxygen atoms in total. The predicted octanol–water partition coefficient (Wildman–Crippen LogP) is 3.04. The molecule has 21 heavy (non-hydrogen) atoms. The largest absolute Gasteiger partial charge is 0.493 e. The summed E-state index contributed by atoms with van der Waals surface area (Å²) in [4.78, 5) is 13.7. The molecule has 0 saturated carbocycles. The average molecular weight is 291 g/mol. The van der Waals surface area contributed by atoms with E-state index in [9.17, 15) is 4.79 Å². The van der Waals surface area contributed by atoms with Crippen LogP contribution in [-0.2, 0) is 11.2 Å². The molecule has 1 amide bonds. The molecule has 1 heterocycles. The Labute approximate surface area is 127 Å². The van der Waals surface area contributed by atoms with Crippen LogP contribution >= 0.6 is 0 Å². The van der Waals surface area contributed by atoms with Crippen molar-refractivity contribution in [3.63, 3.8) is 0 Å². The highest BCUT2D eigenvalue weighted by molar-refractivity contribution is 5.73. The molecule has 0 unspecified atom stereocenters. The number of likely N-dealkylation sites (tertiary alicyclic amines) is 1. The molecule has 2 rings (SSSR count). The number of methoxy groups -OCH3 is 2. The zero-order valence-corrected chi connectivity index (χ0v) is 13.2. The van der Waals surface area contributed by atoms with Crippen LogP contribution in [-0.4, -0.2) is 37.6 Å². The lowest BCUT2D eigenvalue weighted by Gasteiger charge is -2.35. The van der Waals surface area contributed by atoms with E-state index in [0.717, 1.165) is 43.7 Å². The van der Waals surface area contributed by atoms with Gasteiger partial charge in [-0.15, -0.1) is 0 Å². The Balaban J connectivity index is 2.00. The molecule has 1 atom stereocenters. The Morgan fingerprint density at radius 1 is 1.24 bits per heavy atom. The Kier molecular flexibility index (Phi) is 5.48. The highest BCUT2D eigenvalue weighted by Crippen LogP contribution is 2.29. The van der Waals surface area contributed by atoms with Crippen LogP contribution in [0, 0.1) is 0 Å². The summed E-state index contributed by atoms with van der Waals surface area (Å²) < 4.78 is 10.6. The van der Waals surface area contributed by atoms with Crippen LogP contribution in [0.15, 0.2) is 18.2 Å². The van der Waals surface area contributed by atoms with Gasteiger partial charge in [0.05, 0.1) is 14.2 Å². The van der Waals surface area contributed by atoms with Crippen molar-refractivity contribution in [1.29, 1.82) is 0 Å². The van der Waals surface area contributed by atoms with Crippen LogP contribution in [0.5, 0.6) is 11.5 Å². The molecule has 0 spiro atoms. The quantitative estimate of drug-likeness (QED) is 0.837. The fraction of sp³-hybridized carbons (Fsp3) is 0.588. The Morgan fingerprint density at radius 3 is 2.67 bits per heavy atom. The van der Waals surface area contributed by atoms with Gasteiger partial charge in [-0.25, -0.2) is 0 Å². The van der Waals surface area contributed by atoms with Gasteiger partial charge in [-0.1, -0.05) is 6.07 Å². The first-order valence-corrected chi connectivity index (χ1v) is 7.63. The zero-order valence-electron chi connectivity index (χ0n) is 13.2. The van der Waals surface area contributed by atoms with Crippen molar-refractivity contribution in [3.8, 4) is 11.5 Å². The summed E-state index contributed by atoms with van der Waals surface area (Å²) in [5.41, 5.74) is 1.22. The predicted molar refractivity (Wildman–Crippen MR) is 82.9 cm³/mol. The third-order valence-corrected chi connectivity index (χ3v) is 4.25. The molecule has 1 fully saturated rings. The van der Waals surface area contributed by atoms with Gasteiger partial charge < -0.3 is 14.4 Å². The van der Waals surface area contributed by atoms with E-state index in [-0.39, 0.29) is 5.91 Å². The average Bonchev–Trinajstić information content (AvgIpc) is 2.52. The minimum Gasteiger partial charge on any atom is -0.493 e. The highest BCUT2D eigenvalue weighted by Gasteiger charge is 2.23. The van der Waals surface area contributed by atoms with Gasteiger partial charge in [0.2, 0.25) is 5.91 Å². The molecule has 1 aliphatic rings. The standard InChI is InChI=1S/C17H25NO3/c1-13(19)18-11-5-4-6-15(18)9-7-14-8-10-16(20-2)17(12-14)21-3/h8,10,12,15H,4-7,9,11H2,1-3H3/t15-/m0/s1. The van der Waals surface area contributed by atoms with Gasteiger partial charge in [-0.05, 0) is 49.8 Å². The number of hydrogen-bond acceptors (Lipinski definition) is 3. The fourth-order valence-corrected chi connectivity index (χ4v) is 3.08. The molecular weight excluding hydrogens is 266 g/mol. The molecular formula is C17H25NO3. The monoisotopic (exact) mass is 291 g/mol. The van der Waals surface area contributed by atoms with Crippen molar-refractivity contribution >= 4 is 5.91 Å². The highest BCUT2D eigenvalue weighted by atomic mass is 16.5. The second-order valence-electron chi connectivity index (χ2n) is 5.59. The first kappa shape index (κ1) is 15.7.